The maximum absolute atomic E-state index is 8.15. The van der Waals surface area contributed by atoms with E-state index in [1.165, 1.54) is 0 Å². The fourth-order valence-electron chi connectivity index (χ4n) is 0.192. The summed E-state index contributed by atoms with van der Waals surface area (Å²) in [6.45, 7) is 0.129. The Morgan fingerprint density at radius 1 is 1.43 bits per heavy atom. The molecule has 0 radical (unpaired) electrons. The van der Waals surface area contributed by atoms with Crippen molar-refractivity contribution in [1.29, 1.82) is 0 Å². The van der Waals surface area contributed by atoms with Crippen molar-refractivity contribution in [2.75, 3.05) is 12.5 Å². The van der Waals surface area contributed by atoms with Gasteiger partial charge in [0.05, 0.1) is 12.5 Å². The van der Waals surface area contributed by atoms with Crippen molar-refractivity contribution in [3.05, 3.63) is 0 Å². The van der Waals surface area contributed by atoms with Crippen molar-refractivity contribution in [1.82, 2.24) is 0 Å². The molecule has 0 heterocycles. The normalized spacial score (nSPS) is 7.14. The zero-order valence-electron chi connectivity index (χ0n) is 3.95. The van der Waals surface area contributed by atoms with Crippen LogP contribution in [0.2, 0.25) is 0 Å². The first-order chi connectivity index (χ1) is 3.41. The predicted molar refractivity (Wildman–Crippen MR) is 30.2 cm³/mol. The van der Waals surface area contributed by atoms with Crippen molar-refractivity contribution >= 4 is 11.6 Å². The summed E-state index contributed by atoms with van der Waals surface area (Å²) in [4.78, 5) is 0. The maximum atomic E-state index is 8.15. The first-order valence-corrected chi connectivity index (χ1v) is 2.58. The lowest BCUT2D eigenvalue weighted by Gasteiger charge is -1.74. The van der Waals surface area contributed by atoms with Crippen molar-refractivity contribution in [3.8, 4) is 11.8 Å². The molecular weight excluding hydrogens is 112 g/mol. The van der Waals surface area contributed by atoms with Gasteiger partial charge in [0.2, 0.25) is 0 Å². The molecule has 0 aromatic carbocycles. The lowest BCUT2D eigenvalue weighted by Crippen LogP contribution is -1.75. The van der Waals surface area contributed by atoms with E-state index < -0.39 is 0 Å². The minimum atomic E-state index is 0.129. The molecule has 0 aliphatic heterocycles. The molecule has 0 bridgehead atoms. The lowest BCUT2D eigenvalue weighted by molar-refractivity contribution is 0.305. The van der Waals surface area contributed by atoms with Crippen LogP contribution in [0.3, 0.4) is 0 Å². The second kappa shape index (κ2) is 5.81. The van der Waals surface area contributed by atoms with Gasteiger partial charge >= 0.3 is 0 Å². The highest BCUT2D eigenvalue weighted by atomic mass is 35.5. The number of aliphatic hydroxyl groups excluding tert-OH is 1. The number of hydrogen-bond donors (Lipinski definition) is 1. The molecule has 40 valence electrons. The molecule has 0 aliphatic rings. The Labute approximate surface area is 48.3 Å². The van der Waals surface area contributed by atoms with E-state index in [0.717, 1.165) is 0 Å². The van der Waals surface area contributed by atoms with E-state index in [1.54, 1.807) is 0 Å². The molecule has 0 aromatic heterocycles. The van der Waals surface area contributed by atoms with Crippen LogP contribution >= 0.6 is 11.6 Å². The predicted octanol–water partition coefficient (Wildman–Crippen LogP) is 0.611. The van der Waals surface area contributed by atoms with E-state index in [4.69, 9.17) is 16.7 Å². The third-order valence-corrected chi connectivity index (χ3v) is 0.562. The molecule has 1 N–H and O–H groups in total. The van der Waals surface area contributed by atoms with Gasteiger partial charge in [0.1, 0.15) is 0 Å². The van der Waals surface area contributed by atoms with Crippen LogP contribution in [0.15, 0.2) is 0 Å². The van der Waals surface area contributed by atoms with E-state index in [1.807, 2.05) is 0 Å². The van der Waals surface area contributed by atoms with Crippen molar-refractivity contribution < 1.29 is 5.11 Å². The third kappa shape index (κ3) is 5.81. The highest BCUT2D eigenvalue weighted by Crippen LogP contribution is 1.71. The molecule has 0 spiro atoms. The summed E-state index contributed by atoms with van der Waals surface area (Å²) in [5, 5.41) is 8.15. The Balaban J connectivity index is 2.91. The standard InChI is InChI=1S/C5H7ClO/c6-4-2-1-3-5-7/h7H,3-5H2. The van der Waals surface area contributed by atoms with Gasteiger partial charge in [-0.3, -0.25) is 0 Å². The second-order valence-electron chi connectivity index (χ2n) is 0.961. The Bertz CT molecular complexity index is 79.8. The number of alkyl halides is 1. The van der Waals surface area contributed by atoms with Gasteiger partial charge in [-0.1, -0.05) is 11.8 Å². The molecule has 7 heavy (non-hydrogen) atoms. The van der Waals surface area contributed by atoms with Crippen LogP contribution in [0, 0.1) is 11.8 Å². The fourth-order valence-corrected chi connectivity index (χ4v) is 0.286. The van der Waals surface area contributed by atoms with Crippen LogP contribution in [0.1, 0.15) is 6.42 Å². The van der Waals surface area contributed by atoms with Crippen LogP contribution in [-0.4, -0.2) is 17.6 Å². The van der Waals surface area contributed by atoms with Crippen LogP contribution in [-0.2, 0) is 0 Å². The van der Waals surface area contributed by atoms with Crippen LogP contribution in [0.25, 0.3) is 0 Å². The number of halogens is 1. The average Bonchev–Trinajstić information content (AvgIpc) is 1.69. The average molecular weight is 119 g/mol. The van der Waals surface area contributed by atoms with Crippen LogP contribution < -0.4 is 0 Å². The lowest BCUT2D eigenvalue weighted by atomic mass is 10.4. The van der Waals surface area contributed by atoms with Crippen molar-refractivity contribution in [3.63, 3.8) is 0 Å². The maximum Gasteiger partial charge on any atom is 0.0835 e. The highest BCUT2D eigenvalue weighted by Gasteiger charge is 1.67. The fraction of sp³-hybridized carbons (Fsp3) is 0.600. The largest absolute Gasteiger partial charge is 0.395 e. The van der Waals surface area contributed by atoms with Gasteiger partial charge < -0.3 is 5.11 Å². The summed E-state index contributed by atoms with van der Waals surface area (Å²) in [6.07, 6.45) is 0.534. The molecular formula is C5H7ClO. The van der Waals surface area contributed by atoms with Crippen molar-refractivity contribution in [2.24, 2.45) is 0 Å². The molecule has 0 amide bonds. The minimum absolute atomic E-state index is 0.129. The summed E-state index contributed by atoms with van der Waals surface area (Å²) in [7, 11) is 0. The first-order valence-electron chi connectivity index (χ1n) is 2.04. The zero-order valence-corrected chi connectivity index (χ0v) is 4.70. The molecule has 0 aliphatic carbocycles. The van der Waals surface area contributed by atoms with Gasteiger partial charge in [0, 0.05) is 6.42 Å². The molecule has 0 saturated heterocycles. The summed E-state index contributed by atoms with van der Waals surface area (Å²) in [5.41, 5.74) is 0. The van der Waals surface area contributed by atoms with E-state index in [9.17, 15) is 0 Å². The van der Waals surface area contributed by atoms with Gasteiger partial charge in [-0.25, -0.2) is 0 Å². The Hall–Kier alpha value is -0.190. The highest BCUT2D eigenvalue weighted by molar-refractivity contribution is 6.19. The SMILES string of the molecule is OCCC#CCCl. The molecule has 1 nitrogen and oxygen atoms in total. The van der Waals surface area contributed by atoms with Gasteiger partial charge in [-0.15, -0.1) is 11.6 Å². The monoisotopic (exact) mass is 118 g/mol. The van der Waals surface area contributed by atoms with Gasteiger partial charge in [0.15, 0.2) is 0 Å². The number of aliphatic hydroxyl groups is 1. The summed E-state index contributed by atoms with van der Waals surface area (Å²) in [5.74, 6) is 5.62. The summed E-state index contributed by atoms with van der Waals surface area (Å²) >= 11 is 5.18. The summed E-state index contributed by atoms with van der Waals surface area (Å²) in [6, 6.07) is 0. The molecule has 0 rings (SSSR count). The zero-order chi connectivity index (χ0) is 5.54. The first kappa shape index (κ1) is 6.81. The van der Waals surface area contributed by atoms with Gasteiger partial charge in [-0.2, -0.15) is 0 Å². The van der Waals surface area contributed by atoms with E-state index >= 15 is 0 Å². The van der Waals surface area contributed by atoms with Gasteiger partial charge in [-0.05, 0) is 0 Å². The molecule has 0 saturated carbocycles. The topological polar surface area (TPSA) is 20.2 Å². The Morgan fingerprint density at radius 2 is 2.14 bits per heavy atom. The second-order valence-corrected chi connectivity index (χ2v) is 1.23. The third-order valence-electron chi connectivity index (χ3n) is 0.429. The molecule has 0 fully saturated rings. The van der Waals surface area contributed by atoms with Crippen LogP contribution in [0.4, 0.5) is 0 Å². The molecule has 0 aromatic rings. The Kier molecular flexibility index (Phi) is 5.65. The minimum Gasteiger partial charge on any atom is -0.395 e. The Morgan fingerprint density at radius 3 is 2.57 bits per heavy atom. The van der Waals surface area contributed by atoms with E-state index in [-0.39, 0.29) is 6.61 Å². The summed E-state index contributed by atoms with van der Waals surface area (Å²) < 4.78 is 0. The van der Waals surface area contributed by atoms with E-state index in [2.05, 4.69) is 11.8 Å². The van der Waals surface area contributed by atoms with Gasteiger partial charge in [0.25, 0.3) is 0 Å². The molecule has 2 heteroatoms. The number of rotatable bonds is 1. The molecule has 0 unspecified atom stereocenters. The van der Waals surface area contributed by atoms with E-state index in [0.29, 0.717) is 12.3 Å². The number of hydrogen-bond acceptors (Lipinski definition) is 1. The quantitative estimate of drug-likeness (QED) is 0.395. The van der Waals surface area contributed by atoms with Crippen LogP contribution in [0.5, 0.6) is 0 Å². The van der Waals surface area contributed by atoms with Crippen molar-refractivity contribution in [2.45, 2.75) is 6.42 Å². The molecule has 0 atom stereocenters. The smallest absolute Gasteiger partial charge is 0.0835 e.